The first kappa shape index (κ1) is 16.0. The largest absolute Gasteiger partial charge is 0.379 e. The highest BCUT2D eigenvalue weighted by Gasteiger charge is 2.27. The van der Waals surface area contributed by atoms with Crippen LogP contribution in [0.15, 0.2) is 17.2 Å². The Balaban J connectivity index is 2.09. The SMILES string of the molecule is CC(C)CNC(=O)c1cc(S(=O)(=O)N2CCOCC2)c[nH]1. The summed E-state index contributed by atoms with van der Waals surface area (Å²) in [6.07, 6.45) is 1.36. The van der Waals surface area contributed by atoms with Crippen molar-refractivity contribution in [3.63, 3.8) is 0 Å². The number of sulfonamides is 1. The van der Waals surface area contributed by atoms with Gasteiger partial charge in [0.15, 0.2) is 0 Å². The van der Waals surface area contributed by atoms with E-state index < -0.39 is 10.0 Å². The molecular weight excluding hydrogens is 294 g/mol. The topological polar surface area (TPSA) is 91.5 Å². The summed E-state index contributed by atoms with van der Waals surface area (Å²) in [4.78, 5) is 14.7. The second-order valence-corrected chi connectivity index (χ2v) is 7.31. The predicted molar refractivity (Wildman–Crippen MR) is 77.5 cm³/mol. The summed E-state index contributed by atoms with van der Waals surface area (Å²) in [7, 11) is -3.56. The summed E-state index contributed by atoms with van der Waals surface area (Å²) in [5.74, 6) is 0.0348. The maximum Gasteiger partial charge on any atom is 0.267 e. The number of H-pyrrole nitrogens is 1. The van der Waals surface area contributed by atoms with E-state index in [0.717, 1.165) is 0 Å². The zero-order valence-electron chi connectivity index (χ0n) is 12.3. The van der Waals surface area contributed by atoms with Gasteiger partial charge in [-0.15, -0.1) is 0 Å². The molecule has 1 aliphatic rings. The molecule has 0 bridgehead atoms. The number of nitrogens with zero attached hydrogens (tertiary/aromatic N) is 1. The Kier molecular flexibility index (Phi) is 5.02. The molecule has 0 aliphatic carbocycles. The molecule has 1 saturated heterocycles. The first-order valence-electron chi connectivity index (χ1n) is 6.96. The van der Waals surface area contributed by atoms with Gasteiger partial charge in [-0.05, 0) is 12.0 Å². The monoisotopic (exact) mass is 315 g/mol. The van der Waals surface area contributed by atoms with Crippen molar-refractivity contribution in [2.24, 2.45) is 5.92 Å². The molecule has 0 spiro atoms. The Morgan fingerprint density at radius 2 is 2.10 bits per heavy atom. The lowest BCUT2D eigenvalue weighted by Crippen LogP contribution is -2.40. The highest BCUT2D eigenvalue weighted by Crippen LogP contribution is 2.18. The molecule has 1 aliphatic heterocycles. The number of ether oxygens (including phenoxy) is 1. The van der Waals surface area contributed by atoms with Gasteiger partial charge < -0.3 is 15.0 Å². The maximum atomic E-state index is 12.4. The smallest absolute Gasteiger partial charge is 0.267 e. The van der Waals surface area contributed by atoms with Crippen molar-refractivity contribution in [3.8, 4) is 0 Å². The third-order valence-corrected chi connectivity index (χ3v) is 5.06. The molecule has 7 nitrogen and oxygen atoms in total. The van der Waals surface area contributed by atoms with Crippen LogP contribution in [-0.4, -0.2) is 56.5 Å². The molecule has 0 unspecified atom stereocenters. The average molecular weight is 315 g/mol. The minimum atomic E-state index is -3.56. The molecule has 1 amide bonds. The summed E-state index contributed by atoms with van der Waals surface area (Å²) in [6, 6.07) is 1.38. The number of carbonyl (C=O) groups is 1. The van der Waals surface area contributed by atoms with Crippen LogP contribution in [0, 0.1) is 5.92 Å². The molecule has 2 rings (SSSR count). The van der Waals surface area contributed by atoms with Crippen molar-refractivity contribution in [1.82, 2.24) is 14.6 Å². The van der Waals surface area contributed by atoms with Crippen molar-refractivity contribution in [3.05, 3.63) is 18.0 Å². The number of amides is 1. The first-order chi connectivity index (χ1) is 9.91. The van der Waals surface area contributed by atoms with Gasteiger partial charge in [0, 0.05) is 25.8 Å². The van der Waals surface area contributed by atoms with Crippen molar-refractivity contribution in [2.45, 2.75) is 18.7 Å². The fourth-order valence-electron chi connectivity index (χ4n) is 1.98. The molecule has 1 fully saturated rings. The van der Waals surface area contributed by atoms with Gasteiger partial charge in [0.1, 0.15) is 10.6 Å². The summed E-state index contributed by atoms with van der Waals surface area (Å²) in [5.41, 5.74) is 0.252. The maximum absolute atomic E-state index is 12.4. The van der Waals surface area contributed by atoms with Crippen molar-refractivity contribution in [1.29, 1.82) is 0 Å². The van der Waals surface area contributed by atoms with E-state index in [1.54, 1.807) is 0 Å². The number of aromatic nitrogens is 1. The third-order valence-electron chi connectivity index (χ3n) is 3.18. The van der Waals surface area contributed by atoms with Crippen LogP contribution >= 0.6 is 0 Å². The Bertz CT molecular complexity index is 588. The van der Waals surface area contributed by atoms with Gasteiger partial charge in [0.05, 0.1) is 13.2 Å². The molecule has 118 valence electrons. The lowest BCUT2D eigenvalue weighted by atomic mass is 10.2. The van der Waals surface area contributed by atoms with Gasteiger partial charge in [0.2, 0.25) is 10.0 Å². The molecule has 0 saturated carbocycles. The second kappa shape index (κ2) is 6.59. The summed E-state index contributed by atoms with van der Waals surface area (Å²) in [5, 5.41) is 2.74. The molecule has 0 atom stereocenters. The molecule has 21 heavy (non-hydrogen) atoms. The number of nitrogens with one attached hydrogen (secondary N) is 2. The molecule has 0 radical (unpaired) electrons. The quantitative estimate of drug-likeness (QED) is 0.824. The average Bonchev–Trinajstić information content (AvgIpc) is 2.96. The van der Waals surface area contributed by atoms with Crippen molar-refractivity contribution < 1.29 is 17.9 Å². The molecule has 2 N–H and O–H groups in total. The Morgan fingerprint density at radius 3 is 2.71 bits per heavy atom. The first-order valence-corrected chi connectivity index (χ1v) is 8.40. The zero-order valence-corrected chi connectivity index (χ0v) is 13.1. The van der Waals surface area contributed by atoms with Crippen LogP contribution in [0.2, 0.25) is 0 Å². The van der Waals surface area contributed by atoms with Crippen LogP contribution in [0.25, 0.3) is 0 Å². The van der Waals surface area contributed by atoms with Gasteiger partial charge in [0.25, 0.3) is 5.91 Å². The second-order valence-electron chi connectivity index (χ2n) is 5.37. The van der Waals surface area contributed by atoms with Gasteiger partial charge in [-0.2, -0.15) is 4.31 Å². The molecular formula is C13H21N3O4S. The van der Waals surface area contributed by atoms with Crippen LogP contribution in [0.5, 0.6) is 0 Å². The highest BCUT2D eigenvalue weighted by atomic mass is 32.2. The minimum Gasteiger partial charge on any atom is -0.379 e. The van der Waals surface area contributed by atoms with Crippen LogP contribution in [0.4, 0.5) is 0 Å². The van der Waals surface area contributed by atoms with Crippen LogP contribution in [0.3, 0.4) is 0 Å². The van der Waals surface area contributed by atoms with E-state index in [4.69, 9.17) is 4.74 Å². The molecule has 0 aromatic carbocycles. The molecule has 1 aromatic rings. The number of hydrogen-bond donors (Lipinski definition) is 2. The number of morpholine rings is 1. The van der Waals surface area contributed by atoms with Gasteiger partial charge >= 0.3 is 0 Å². The number of hydrogen-bond acceptors (Lipinski definition) is 4. The van der Waals surface area contributed by atoms with E-state index in [9.17, 15) is 13.2 Å². The Labute approximate surface area is 124 Å². The number of rotatable bonds is 5. The fourth-order valence-corrected chi connectivity index (χ4v) is 3.39. The Hall–Kier alpha value is -1.38. The van der Waals surface area contributed by atoms with Gasteiger partial charge in [-0.1, -0.05) is 13.8 Å². The lowest BCUT2D eigenvalue weighted by molar-refractivity contribution is 0.0730. The third kappa shape index (κ3) is 3.84. The number of carbonyl (C=O) groups excluding carboxylic acids is 1. The number of aromatic amines is 1. The van der Waals surface area contributed by atoms with E-state index in [2.05, 4.69) is 10.3 Å². The zero-order chi connectivity index (χ0) is 15.5. The van der Waals surface area contributed by atoms with Crippen LogP contribution < -0.4 is 5.32 Å². The van der Waals surface area contributed by atoms with E-state index in [1.165, 1.54) is 16.6 Å². The fraction of sp³-hybridized carbons (Fsp3) is 0.615. The van der Waals surface area contributed by atoms with E-state index in [1.807, 2.05) is 13.8 Å². The molecule has 1 aromatic heterocycles. The van der Waals surface area contributed by atoms with E-state index in [0.29, 0.717) is 38.8 Å². The van der Waals surface area contributed by atoms with Crippen LogP contribution in [-0.2, 0) is 14.8 Å². The van der Waals surface area contributed by atoms with Crippen molar-refractivity contribution >= 4 is 15.9 Å². The summed E-state index contributed by atoms with van der Waals surface area (Å²) < 4.78 is 31.3. The minimum absolute atomic E-state index is 0.110. The van der Waals surface area contributed by atoms with E-state index in [-0.39, 0.29) is 16.5 Å². The summed E-state index contributed by atoms with van der Waals surface area (Å²) >= 11 is 0. The van der Waals surface area contributed by atoms with Gasteiger partial charge in [-0.3, -0.25) is 4.79 Å². The lowest BCUT2D eigenvalue weighted by Gasteiger charge is -2.25. The highest BCUT2D eigenvalue weighted by molar-refractivity contribution is 7.89. The van der Waals surface area contributed by atoms with Crippen molar-refractivity contribution in [2.75, 3.05) is 32.8 Å². The predicted octanol–water partition coefficient (Wildman–Crippen LogP) is 0.421. The molecule has 2 heterocycles. The summed E-state index contributed by atoms with van der Waals surface area (Å²) in [6.45, 7) is 5.98. The normalized spacial score (nSPS) is 17.1. The van der Waals surface area contributed by atoms with E-state index >= 15 is 0 Å². The Morgan fingerprint density at radius 1 is 1.43 bits per heavy atom. The van der Waals surface area contributed by atoms with Crippen LogP contribution in [0.1, 0.15) is 24.3 Å². The standard InChI is InChI=1S/C13H21N3O4S/c1-10(2)8-15-13(17)12-7-11(9-14-12)21(18,19)16-3-5-20-6-4-16/h7,9-10,14H,3-6,8H2,1-2H3,(H,15,17). The van der Waals surface area contributed by atoms with Gasteiger partial charge in [-0.25, -0.2) is 8.42 Å². The molecule has 8 heteroatoms.